The van der Waals surface area contributed by atoms with Crippen molar-refractivity contribution in [1.29, 1.82) is 0 Å². The number of hydrogen-bond acceptors (Lipinski definition) is 3. The van der Waals surface area contributed by atoms with E-state index in [1.54, 1.807) is 11.8 Å². The van der Waals surface area contributed by atoms with E-state index in [4.69, 9.17) is 4.74 Å². The maximum absolute atomic E-state index is 12.3. The quantitative estimate of drug-likeness (QED) is 0.820. The summed E-state index contributed by atoms with van der Waals surface area (Å²) >= 11 is 1.74. The van der Waals surface area contributed by atoms with Crippen LogP contribution in [0.2, 0.25) is 0 Å². The van der Waals surface area contributed by atoms with Gasteiger partial charge in [-0.05, 0) is 43.6 Å². The molecule has 1 aliphatic heterocycles. The molecule has 3 nitrogen and oxygen atoms in total. The van der Waals surface area contributed by atoms with E-state index in [1.807, 2.05) is 26.0 Å². The van der Waals surface area contributed by atoms with Gasteiger partial charge in [0.1, 0.15) is 5.25 Å². The zero-order chi connectivity index (χ0) is 14.4. The fraction of sp³-hybridized carbons (Fsp3) is 0.562. The van der Waals surface area contributed by atoms with E-state index >= 15 is 0 Å². The molecular weight excluding hydrogens is 270 g/mol. The van der Waals surface area contributed by atoms with Gasteiger partial charge in [-0.1, -0.05) is 24.3 Å². The number of carbonyl (C=O) groups excluding carboxylic acids is 1. The van der Waals surface area contributed by atoms with Crippen LogP contribution < -0.4 is 5.32 Å². The summed E-state index contributed by atoms with van der Waals surface area (Å²) < 4.78 is 5.47. The van der Waals surface area contributed by atoms with Crippen LogP contribution in [0, 0.1) is 0 Å². The minimum atomic E-state index is -0.0500. The van der Waals surface area contributed by atoms with Gasteiger partial charge >= 0.3 is 0 Å². The highest BCUT2D eigenvalue weighted by Gasteiger charge is 2.26. The van der Waals surface area contributed by atoms with Crippen molar-refractivity contribution in [3.05, 3.63) is 35.4 Å². The van der Waals surface area contributed by atoms with Crippen molar-refractivity contribution in [2.45, 2.75) is 38.0 Å². The molecule has 1 unspecified atom stereocenters. The Morgan fingerprint density at radius 2 is 2.25 bits per heavy atom. The lowest BCUT2D eigenvalue weighted by atomic mass is 10.0. The van der Waals surface area contributed by atoms with Crippen molar-refractivity contribution >= 4 is 17.7 Å². The Morgan fingerprint density at radius 1 is 1.45 bits per heavy atom. The van der Waals surface area contributed by atoms with Crippen molar-refractivity contribution < 1.29 is 9.53 Å². The highest BCUT2D eigenvalue weighted by atomic mass is 32.2. The monoisotopic (exact) mass is 293 g/mol. The van der Waals surface area contributed by atoms with Crippen molar-refractivity contribution in [2.75, 3.05) is 18.9 Å². The van der Waals surface area contributed by atoms with Crippen LogP contribution >= 0.6 is 11.8 Å². The van der Waals surface area contributed by atoms with Crippen molar-refractivity contribution in [3.8, 4) is 0 Å². The fourth-order valence-corrected chi connectivity index (χ4v) is 3.52. The number of benzene rings is 1. The average Bonchev–Trinajstić information content (AvgIpc) is 2.45. The van der Waals surface area contributed by atoms with Crippen LogP contribution in [0.25, 0.3) is 0 Å². The number of ether oxygens (including phenoxy) is 1. The maximum atomic E-state index is 12.3. The first-order valence-corrected chi connectivity index (χ1v) is 8.32. The van der Waals surface area contributed by atoms with Crippen LogP contribution in [0.1, 0.15) is 36.6 Å². The molecule has 1 atom stereocenters. The van der Waals surface area contributed by atoms with E-state index in [0.29, 0.717) is 13.2 Å². The van der Waals surface area contributed by atoms with Gasteiger partial charge < -0.3 is 10.1 Å². The van der Waals surface area contributed by atoms with Gasteiger partial charge in [-0.25, -0.2) is 0 Å². The Balaban J connectivity index is 1.82. The second-order valence-electron chi connectivity index (χ2n) is 5.26. The second kappa shape index (κ2) is 7.70. The molecule has 0 bridgehead atoms. The smallest absolute Gasteiger partial charge is 0.237 e. The molecule has 110 valence electrons. The number of aryl methyl sites for hydroxylation is 1. The molecule has 0 fully saturated rings. The molecular formula is C16H23NO2S. The van der Waals surface area contributed by atoms with E-state index < -0.39 is 0 Å². The Kier molecular flexibility index (Phi) is 5.92. The normalized spacial score (nSPS) is 17.9. The van der Waals surface area contributed by atoms with Crippen LogP contribution in [0.5, 0.6) is 0 Å². The fourth-order valence-electron chi connectivity index (χ4n) is 2.31. The second-order valence-corrected chi connectivity index (χ2v) is 6.48. The molecule has 0 aliphatic carbocycles. The SMILES string of the molecule is CC(C)OCCCNC(=O)C1SCCc2ccccc21. The molecule has 0 saturated heterocycles. The minimum Gasteiger partial charge on any atom is -0.379 e. The lowest BCUT2D eigenvalue weighted by molar-refractivity contribution is -0.120. The molecule has 0 saturated carbocycles. The predicted octanol–water partition coefficient (Wildman–Crippen LogP) is 2.95. The molecule has 1 heterocycles. The van der Waals surface area contributed by atoms with Crippen molar-refractivity contribution in [1.82, 2.24) is 5.32 Å². The topological polar surface area (TPSA) is 38.3 Å². The number of amides is 1. The van der Waals surface area contributed by atoms with Crippen molar-refractivity contribution in [3.63, 3.8) is 0 Å². The minimum absolute atomic E-state index is 0.0500. The van der Waals surface area contributed by atoms with Gasteiger partial charge in [0.05, 0.1) is 6.10 Å². The number of nitrogens with one attached hydrogen (secondary N) is 1. The number of carbonyl (C=O) groups is 1. The molecule has 1 aliphatic rings. The van der Waals surface area contributed by atoms with Crippen LogP contribution in [0.15, 0.2) is 24.3 Å². The lowest BCUT2D eigenvalue weighted by Gasteiger charge is -2.24. The average molecular weight is 293 g/mol. The number of hydrogen-bond donors (Lipinski definition) is 1. The highest BCUT2D eigenvalue weighted by Crippen LogP contribution is 2.36. The van der Waals surface area contributed by atoms with Gasteiger partial charge in [-0.2, -0.15) is 0 Å². The van der Waals surface area contributed by atoms with E-state index in [-0.39, 0.29) is 17.3 Å². The maximum Gasteiger partial charge on any atom is 0.237 e. The molecule has 1 N–H and O–H groups in total. The zero-order valence-corrected chi connectivity index (χ0v) is 13.0. The van der Waals surface area contributed by atoms with Gasteiger partial charge in [0.25, 0.3) is 0 Å². The molecule has 0 radical (unpaired) electrons. The molecule has 0 spiro atoms. The summed E-state index contributed by atoms with van der Waals surface area (Å²) in [5.74, 6) is 1.15. The number of thioether (sulfide) groups is 1. The first-order chi connectivity index (χ1) is 9.68. The largest absolute Gasteiger partial charge is 0.379 e. The first kappa shape index (κ1) is 15.4. The number of fused-ring (bicyclic) bond motifs is 1. The third kappa shape index (κ3) is 4.25. The molecule has 1 aromatic rings. The highest BCUT2D eigenvalue weighted by molar-refractivity contribution is 8.00. The zero-order valence-electron chi connectivity index (χ0n) is 12.2. The van der Waals surface area contributed by atoms with Gasteiger partial charge in [0.2, 0.25) is 5.91 Å². The summed E-state index contributed by atoms with van der Waals surface area (Å²) in [4.78, 5) is 12.3. The summed E-state index contributed by atoms with van der Waals surface area (Å²) in [6.07, 6.45) is 2.18. The van der Waals surface area contributed by atoms with Crippen LogP contribution in [-0.4, -0.2) is 30.9 Å². The summed E-state index contributed by atoms with van der Waals surface area (Å²) in [6.45, 7) is 5.43. The molecule has 1 aromatic carbocycles. The lowest BCUT2D eigenvalue weighted by Crippen LogP contribution is -2.31. The Hall–Kier alpha value is -1.00. The first-order valence-electron chi connectivity index (χ1n) is 7.27. The molecule has 20 heavy (non-hydrogen) atoms. The van der Waals surface area contributed by atoms with E-state index in [9.17, 15) is 4.79 Å². The summed E-state index contributed by atoms with van der Waals surface area (Å²) in [7, 11) is 0. The van der Waals surface area contributed by atoms with Crippen molar-refractivity contribution in [2.24, 2.45) is 0 Å². The van der Waals surface area contributed by atoms with Gasteiger partial charge in [0, 0.05) is 13.2 Å². The van der Waals surface area contributed by atoms with E-state index in [0.717, 1.165) is 18.6 Å². The standard InChI is InChI=1S/C16H23NO2S/c1-12(2)19-10-5-9-17-16(18)15-14-7-4-3-6-13(14)8-11-20-15/h3-4,6-7,12,15H,5,8-11H2,1-2H3,(H,17,18). The Morgan fingerprint density at radius 3 is 3.05 bits per heavy atom. The summed E-state index contributed by atoms with van der Waals surface area (Å²) in [5, 5.41) is 2.98. The predicted molar refractivity (Wildman–Crippen MR) is 84.1 cm³/mol. The van der Waals surface area contributed by atoms with Gasteiger partial charge in [0.15, 0.2) is 0 Å². The molecule has 2 rings (SSSR count). The molecule has 1 amide bonds. The van der Waals surface area contributed by atoms with E-state index in [2.05, 4.69) is 17.4 Å². The third-order valence-corrected chi connectivity index (χ3v) is 4.54. The molecule has 0 aromatic heterocycles. The third-order valence-electron chi connectivity index (χ3n) is 3.30. The Labute approximate surface area is 125 Å². The number of rotatable bonds is 6. The molecule has 4 heteroatoms. The van der Waals surface area contributed by atoms with Crippen LogP contribution in [0.3, 0.4) is 0 Å². The van der Waals surface area contributed by atoms with Gasteiger partial charge in [-0.15, -0.1) is 11.8 Å². The van der Waals surface area contributed by atoms with Gasteiger partial charge in [-0.3, -0.25) is 4.79 Å². The van der Waals surface area contributed by atoms with Crippen LogP contribution in [-0.2, 0) is 16.0 Å². The Bertz CT molecular complexity index is 448. The van der Waals surface area contributed by atoms with E-state index in [1.165, 1.54) is 11.1 Å². The summed E-state index contributed by atoms with van der Waals surface area (Å²) in [5.41, 5.74) is 2.49. The van der Waals surface area contributed by atoms with Crippen LogP contribution in [0.4, 0.5) is 0 Å². The summed E-state index contributed by atoms with van der Waals surface area (Å²) in [6, 6.07) is 8.27.